The zero-order chi connectivity index (χ0) is 3.58. The fraction of sp³-hybridized carbons (Fsp3) is 0. The molecule has 0 spiro atoms. The maximum atomic E-state index is 8.78. The van der Waals surface area contributed by atoms with Crippen LogP contribution in [0.4, 0.5) is 4.79 Å². The van der Waals surface area contributed by atoms with Gasteiger partial charge in [-0.1, -0.05) is 0 Å². The molecule has 2 nitrogen and oxygen atoms in total. The third-order valence-electron chi connectivity index (χ3n) is 0. The summed E-state index contributed by atoms with van der Waals surface area (Å²) in [5.74, 6) is -1.33. The van der Waals surface area contributed by atoms with Crippen LogP contribution in [0, 0.1) is 0 Å². The first-order valence-electron chi connectivity index (χ1n) is 0.716. The molecule has 5 heavy (non-hydrogen) atoms. The van der Waals surface area contributed by atoms with Crippen LogP contribution >= 0.6 is 0 Å². The molecule has 0 aliphatic rings. The van der Waals surface area contributed by atoms with E-state index in [0.29, 0.717) is 0 Å². The molecule has 28 valence electrons. The first kappa shape index (κ1) is 8.91. The Morgan fingerprint density at radius 1 is 1.80 bits per heavy atom. The number of rotatable bonds is 0. The van der Waals surface area contributed by atoms with E-state index in [-0.39, 0.29) is 17.1 Å². The van der Waals surface area contributed by atoms with Gasteiger partial charge < -0.3 is 5.11 Å². The van der Waals surface area contributed by atoms with E-state index in [0.717, 1.165) is 0 Å². The van der Waals surface area contributed by atoms with Gasteiger partial charge in [0.05, 0.1) is 0 Å². The van der Waals surface area contributed by atoms with Crippen LogP contribution in [0.5, 0.6) is 0 Å². The topological polar surface area (TPSA) is 37.3 Å². The molecule has 0 heterocycles. The summed E-state index contributed by atoms with van der Waals surface area (Å²) in [5.41, 5.74) is 0. The molecule has 0 amide bonds. The van der Waals surface area contributed by atoms with Crippen LogP contribution < -0.4 is 0 Å². The van der Waals surface area contributed by atoms with Crippen LogP contribution in [0.3, 0.4) is 0 Å². The number of carbonyl (C=O) groups is 1. The Hall–Kier alpha value is 0.0544. The van der Waals surface area contributed by atoms with Crippen molar-refractivity contribution in [3.8, 4) is 0 Å². The van der Waals surface area contributed by atoms with Crippen LogP contribution in [0.25, 0.3) is 0 Å². The third-order valence-corrected chi connectivity index (χ3v) is 0. The van der Waals surface area contributed by atoms with Crippen molar-refractivity contribution in [1.29, 1.82) is 0 Å². The molecule has 0 aliphatic carbocycles. The minimum Gasteiger partial charge on any atom is -0.490 e. The van der Waals surface area contributed by atoms with E-state index >= 15 is 0 Å². The molecule has 1 N–H and O–H groups in total. The standard InChI is InChI=1S/CHBO2.Fe/c2-1(3)4;/h(H,3,4);. The van der Waals surface area contributed by atoms with Crippen LogP contribution in [0.15, 0.2) is 0 Å². The third kappa shape index (κ3) is 5780. The average Bonchev–Trinajstić information content (AvgIpc) is 0.811. The molecule has 0 atom stereocenters. The summed E-state index contributed by atoms with van der Waals surface area (Å²) in [6.07, 6.45) is 0. The SMILES string of the molecule is [B]C(=O)O.[Fe]. The van der Waals surface area contributed by atoms with Gasteiger partial charge in [-0.2, -0.15) is 0 Å². The van der Waals surface area contributed by atoms with E-state index in [9.17, 15) is 0 Å². The second-order valence-corrected chi connectivity index (χ2v) is 0.338. The van der Waals surface area contributed by atoms with E-state index < -0.39 is 5.87 Å². The molecule has 0 aromatic rings. The maximum Gasteiger partial charge on any atom is 0.233 e. The summed E-state index contributed by atoms with van der Waals surface area (Å²) >= 11 is 0. The van der Waals surface area contributed by atoms with Crippen molar-refractivity contribution >= 4 is 13.7 Å². The van der Waals surface area contributed by atoms with Crippen molar-refractivity contribution in [2.24, 2.45) is 0 Å². The zero-order valence-electron chi connectivity index (χ0n) is 2.29. The van der Waals surface area contributed by atoms with Crippen molar-refractivity contribution in [2.45, 2.75) is 0 Å². The summed E-state index contributed by atoms with van der Waals surface area (Å²) in [4.78, 5) is 8.78. The van der Waals surface area contributed by atoms with E-state index in [4.69, 9.17) is 9.90 Å². The predicted molar refractivity (Wildman–Crippen MR) is 13.8 cm³/mol. The maximum absolute atomic E-state index is 8.78. The summed E-state index contributed by atoms with van der Waals surface area (Å²) < 4.78 is 0. The largest absolute Gasteiger partial charge is 0.490 e. The minimum atomic E-state index is -1.33. The Kier molecular flexibility index (Phi) is 7.22. The fourth-order valence-corrected chi connectivity index (χ4v) is 0. The fourth-order valence-electron chi connectivity index (χ4n) is 0. The monoisotopic (exact) mass is 112 g/mol. The molecule has 0 saturated heterocycles. The van der Waals surface area contributed by atoms with E-state index in [1.165, 1.54) is 0 Å². The van der Waals surface area contributed by atoms with Crippen molar-refractivity contribution in [2.75, 3.05) is 0 Å². The van der Waals surface area contributed by atoms with Gasteiger partial charge >= 0.3 is 0 Å². The molecule has 0 aromatic heterocycles. The number of carboxylic acid groups (broad SMARTS) is 1. The normalized spacial score (nSPS) is 4.80. The van der Waals surface area contributed by atoms with Gasteiger partial charge in [0.1, 0.15) is 0 Å². The van der Waals surface area contributed by atoms with E-state index in [1.54, 1.807) is 0 Å². The molecular formula is CHBFeO2. The molecule has 0 saturated carbocycles. The van der Waals surface area contributed by atoms with Gasteiger partial charge in [0.2, 0.25) is 13.7 Å². The van der Waals surface area contributed by atoms with Crippen LogP contribution in [-0.4, -0.2) is 18.8 Å². The van der Waals surface area contributed by atoms with Crippen LogP contribution in [-0.2, 0) is 17.1 Å². The van der Waals surface area contributed by atoms with Crippen molar-refractivity contribution in [3.05, 3.63) is 0 Å². The molecular weight excluding hydrogens is 111 g/mol. The van der Waals surface area contributed by atoms with E-state index in [1.807, 2.05) is 0 Å². The second kappa shape index (κ2) is 4.05. The quantitative estimate of drug-likeness (QED) is 0.441. The molecule has 0 bridgehead atoms. The zero-order valence-corrected chi connectivity index (χ0v) is 3.39. The number of hydrogen-bond acceptors (Lipinski definition) is 1. The van der Waals surface area contributed by atoms with Crippen molar-refractivity contribution in [1.82, 2.24) is 0 Å². The van der Waals surface area contributed by atoms with Gasteiger partial charge in [-0.15, -0.1) is 0 Å². The summed E-state index contributed by atoms with van der Waals surface area (Å²) in [6, 6.07) is 0. The molecule has 0 aliphatic heterocycles. The van der Waals surface area contributed by atoms with Gasteiger partial charge in [-0.3, -0.25) is 4.79 Å². The van der Waals surface area contributed by atoms with Gasteiger partial charge in [-0.05, 0) is 0 Å². The summed E-state index contributed by atoms with van der Waals surface area (Å²) in [5, 5.41) is 7.19. The van der Waals surface area contributed by atoms with Gasteiger partial charge in [0.25, 0.3) is 0 Å². The Morgan fingerprint density at radius 2 is 1.80 bits per heavy atom. The summed E-state index contributed by atoms with van der Waals surface area (Å²) in [6.45, 7) is 0. The van der Waals surface area contributed by atoms with Gasteiger partial charge in [-0.25, -0.2) is 0 Å². The molecule has 2 radical (unpaired) electrons. The van der Waals surface area contributed by atoms with Crippen molar-refractivity contribution < 1.29 is 27.0 Å². The minimum absolute atomic E-state index is 0. The van der Waals surface area contributed by atoms with Gasteiger partial charge in [0, 0.05) is 17.1 Å². The van der Waals surface area contributed by atoms with Gasteiger partial charge in [0.15, 0.2) is 0 Å². The molecule has 0 aromatic carbocycles. The number of hydrogen-bond donors (Lipinski definition) is 1. The first-order valence-corrected chi connectivity index (χ1v) is 0.716. The Labute approximate surface area is 41.4 Å². The van der Waals surface area contributed by atoms with E-state index in [2.05, 4.69) is 7.85 Å². The van der Waals surface area contributed by atoms with Crippen LogP contribution in [0.2, 0.25) is 0 Å². The molecule has 0 fully saturated rings. The summed E-state index contributed by atoms with van der Waals surface area (Å²) in [7, 11) is 4.03. The average molecular weight is 112 g/mol. The Bertz CT molecular complexity index is 32.6. The Morgan fingerprint density at radius 3 is 1.80 bits per heavy atom. The molecule has 4 heteroatoms. The molecule has 0 unspecified atom stereocenters. The molecule has 0 rings (SSSR count). The van der Waals surface area contributed by atoms with Crippen molar-refractivity contribution in [3.63, 3.8) is 0 Å². The predicted octanol–water partition coefficient (Wildman–Crippen LogP) is -0.170. The first-order chi connectivity index (χ1) is 1.73. The Balaban J connectivity index is 0. The smallest absolute Gasteiger partial charge is 0.233 e. The van der Waals surface area contributed by atoms with Crippen LogP contribution in [0.1, 0.15) is 0 Å². The second-order valence-electron chi connectivity index (χ2n) is 0.338.